The Hall–Kier alpha value is -1.34. The summed E-state index contributed by atoms with van der Waals surface area (Å²) < 4.78 is 10.0. The van der Waals surface area contributed by atoms with Crippen molar-refractivity contribution in [3.63, 3.8) is 0 Å². The van der Waals surface area contributed by atoms with Gasteiger partial charge in [-0.05, 0) is 19.8 Å². The molecule has 1 saturated heterocycles. The molecule has 0 aromatic carbocycles. The number of carbonyl (C=O) groups excluding carboxylic acids is 2. The van der Waals surface area contributed by atoms with Crippen LogP contribution in [0.4, 0.5) is 9.59 Å². The Morgan fingerprint density at radius 3 is 2.88 bits per heavy atom. The Morgan fingerprint density at radius 2 is 2.35 bits per heavy atom. The van der Waals surface area contributed by atoms with Crippen LogP contribution in [0.15, 0.2) is 0 Å². The quantitative estimate of drug-likeness (QED) is 0.740. The summed E-state index contributed by atoms with van der Waals surface area (Å²) in [6.45, 7) is 2.83. The van der Waals surface area contributed by atoms with E-state index < -0.39 is 12.1 Å². The molecule has 1 unspecified atom stereocenters. The van der Waals surface area contributed by atoms with Crippen LogP contribution in [0.25, 0.3) is 0 Å². The minimum atomic E-state index is -0.687. The van der Waals surface area contributed by atoms with Gasteiger partial charge in [-0.3, -0.25) is 0 Å². The lowest BCUT2D eigenvalue weighted by Gasteiger charge is -2.21. The summed E-state index contributed by atoms with van der Waals surface area (Å²) in [4.78, 5) is 24.2. The predicted molar refractivity (Wildman–Crippen MR) is 60.3 cm³/mol. The van der Waals surface area contributed by atoms with Crippen molar-refractivity contribution in [1.29, 1.82) is 0 Å². The number of hydrogen-bond donors (Lipinski definition) is 2. The van der Waals surface area contributed by atoms with Crippen molar-refractivity contribution in [2.75, 3.05) is 26.3 Å². The van der Waals surface area contributed by atoms with Crippen LogP contribution >= 0.6 is 0 Å². The molecule has 0 saturated carbocycles. The fourth-order valence-corrected chi connectivity index (χ4v) is 1.51. The van der Waals surface area contributed by atoms with E-state index in [4.69, 9.17) is 15.2 Å². The molecule has 0 aromatic heterocycles. The number of carbonyl (C=O) groups is 2. The number of rotatable bonds is 4. The number of urea groups is 1. The molecule has 1 atom stereocenters. The highest BCUT2D eigenvalue weighted by Gasteiger charge is 2.25. The zero-order chi connectivity index (χ0) is 12.7. The maximum Gasteiger partial charge on any atom is 0.418 e. The lowest BCUT2D eigenvalue weighted by molar-refractivity contribution is 0.0785. The zero-order valence-electron chi connectivity index (χ0n) is 9.98. The molecule has 1 aliphatic rings. The summed E-state index contributed by atoms with van der Waals surface area (Å²) in [5.41, 5.74) is 5.35. The van der Waals surface area contributed by atoms with Crippen LogP contribution in [0.3, 0.4) is 0 Å². The molecule has 1 aliphatic heterocycles. The predicted octanol–water partition coefficient (Wildman–Crippen LogP) is 0.250. The van der Waals surface area contributed by atoms with Crippen molar-refractivity contribution < 1.29 is 19.1 Å². The van der Waals surface area contributed by atoms with Gasteiger partial charge in [-0.25, -0.2) is 14.5 Å². The fourth-order valence-electron chi connectivity index (χ4n) is 1.51. The molecule has 98 valence electrons. The molecule has 0 radical (unpaired) electrons. The van der Waals surface area contributed by atoms with Gasteiger partial charge < -0.3 is 20.5 Å². The van der Waals surface area contributed by atoms with E-state index in [1.165, 1.54) is 0 Å². The molecule has 17 heavy (non-hydrogen) atoms. The Labute approximate surface area is 100 Å². The molecular weight excluding hydrogens is 226 g/mol. The number of amides is 3. The van der Waals surface area contributed by atoms with E-state index in [0.717, 1.165) is 17.7 Å². The Bertz CT molecular complexity index is 266. The maximum atomic E-state index is 11.8. The molecule has 7 nitrogen and oxygen atoms in total. The van der Waals surface area contributed by atoms with E-state index in [1.54, 1.807) is 6.92 Å². The van der Waals surface area contributed by atoms with Crippen molar-refractivity contribution in [3.8, 4) is 0 Å². The lowest BCUT2D eigenvalue weighted by atomic mass is 10.3. The first-order valence-corrected chi connectivity index (χ1v) is 5.75. The number of nitrogens with two attached hydrogens (primary N) is 1. The summed E-state index contributed by atoms with van der Waals surface area (Å²) in [7, 11) is 0. The van der Waals surface area contributed by atoms with Gasteiger partial charge in [0.05, 0.1) is 6.61 Å². The Morgan fingerprint density at radius 1 is 1.59 bits per heavy atom. The molecule has 1 rings (SSSR count). The summed E-state index contributed by atoms with van der Waals surface area (Å²) in [6.07, 6.45) is 0.650. The average molecular weight is 245 g/mol. The number of imide groups is 1. The third kappa shape index (κ3) is 4.20. The highest BCUT2D eigenvalue weighted by molar-refractivity contribution is 5.90. The molecule has 3 N–H and O–H groups in total. The van der Waals surface area contributed by atoms with Crippen molar-refractivity contribution in [2.24, 2.45) is 5.73 Å². The average Bonchev–Trinajstić information content (AvgIpc) is 2.78. The van der Waals surface area contributed by atoms with Crippen molar-refractivity contribution >= 4 is 12.1 Å². The summed E-state index contributed by atoms with van der Waals surface area (Å²) in [6, 6.07) is -0.527. The first kappa shape index (κ1) is 13.7. The van der Waals surface area contributed by atoms with Gasteiger partial charge >= 0.3 is 12.1 Å². The largest absolute Gasteiger partial charge is 0.449 e. The van der Waals surface area contributed by atoms with E-state index in [1.807, 2.05) is 0 Å². The maximum absolute atomic E-state index is 11.8. The molecule has 1 heterocycles. The molecule has 0 aromatic rings. The van der Waals surface area contributed by atoms with Crippen molar-refractivity contribution in [2.45, 2.75) is 26.0 Å². The van der Waals surface area contributed by atoms with Gasteiger partial charge in [0.1, 0.15) is 6.23 Å². The van der Waals surface area contributed by atoms with Crippen LogP contribution in [0.5, 0.6) is 0 Å². The third-order valence-corrected chi connectivity index (χ3v) is 2.30. The first-order valence-electron chi connectivity index (χ1n) is 5.75. The van der Waals surface area contributed by atoms with Crippen LogP contribution in [-0.2, 0) is 9.47 Å². The fraction of sp³-hybridized carbons (Fsp3) is 0.800. The minimum absolute atomic E-state index is 0.122. The van der Waals surface area contributed by atoms with Crippen molar-refractivity contribution in [3.05, 3.63) is 0 Å². The minimum Gasteiger partial charge on any atom is -0.449 e. The van der Waals surface area contributed by atoms with E-state index in [2.05, 4.69) is 5.32 Å². The third-order valence-electron chi connectivity index (χ3n) is 2.30. The van der Waals surface area contributed by atoms with Gasteiger partial charge in [0.15, 0.2) is 0 Å². The van der Waals surface area contributed by atoms with Gasteiger partial charge in [0.2, 0.25) is 0 Å². The van der Waals surface area contributed by atoms with E-state index in [9.17, 15) is 9.59 Å². The van der Waals surface area contributed by atoms with Crippen LogP contribution in [0.1, 0.15) is 19.8 Å². The van der Waals surface area contributed by atoms with Crippen LogP contribution in [-0.4, -0.2) is 49.6 Å². The Balaban J connectivity index is 2.49. The normalized spacial score (nSPS) is 18.8. The van der Waals surface area contributed by atoms with Gasteiger partial charge in [-0.15, -0.1) is 0 Å². The van der Waals surface area contributed by atoms with E-state index >= 15 is 0 Å². The first-order chi connectivity index (χ1) is 8.19. The summed E-state index contributed by atoms with van der Waals surface area (Å²) in [5.74, 6) is 0. The van der Waals surface area contributed by atoms with Crippen LogP contribution in [0, 0.1) is 0 Å². The number of ether oxygens (including phenoxy) is 2. The van der Waals surface area contributed by atoms with E-state index in [0.29, 0.717) is 6.61 Å². The van der Waals surface area contributed by atoms with Gasteiger partial charge in [-0.1, -0.05) is 0 Å². The number of hydrogen-bond acceptors (Lipinski definition) is 5. The highest BCUT2D eigenvalue weighted by atomic mass is 16.6. The zero-order valence-corrected chi connectivity index (χ0v) is 9.98. The monoisotopic (exact) mass is 245 g/mol. The summed E-state index contributed by atoms with van der Waals surface area (Å²) >= 11 is 0. The molecule has 3 amide bonds. The molecular formula is C10H19N3O4. The van der Waals surface area contributed by atoms with Crippen molar-refractivity contribution in [1.82, 2.24) is 10.2 Å². The van der Waals surface area contributed by atoms with Gasteiger partial charge in [0, 0.05) is 19.7 Å². The standard InChI is InChI=1S/C10H19N3O4/c1-2-16-10(15)13(6-5-11)9(14)12-8-4-3-7-17-8/h8H,2-7,11H2,1H3,(H,12,14). The molecule has 0 bridgehead atoms. The Kier molecular flexibility index (Phi) is 5.71. The highest BCUT2D eigenvalue weighted by Crippen LogP contribution is 2.09. The molecule has 0 spiro atoms. The smallest absolute Gasteiger partial charge is 0.418 e. The van der Waals surface area contributed by atoms with Gasteiger partial charge in [0.25, 0.3) is 0 Å². The summed E-state index contributed by atoms with van der Waals surface area (Å²) in [5, 5.41) is 2.61. The molecule has 7 heteroatoms. The van der Waals surface area contributed by atoms with Gasteiger partial charge in [-0.2, -0.15) is 0 Å². The number of nitrogens with one attached hydrogen (secondary N) is 1. The van der Waals surface area contributed by atoms with E-state index in [-0.39, 0.29) is 25.9 Å². The second kappa shape index (κ2) is 7.08. The second-order valence-electron chi connectivity index (χ2n) is 3.59. The number of nitrogens with zero attached hydrogens (tertiary/aromatic N) is 1. The lowest BCUT2D eigenvalue weighted by Crippen LogP contribution is -2.49. The molecule has 1 fully saturated rings. The van der Waals surface area contributed by atoms with Crippen LogP contribution in [0.2, 0.25) is 0 Å². The molecule has 0 aliphatic carbocycles. The second-order valence-corrected chi connectivity index (χ2v) is 3.59. The topological polar surface area (TPSA) is 93.9 Å². The van der Waals surface area contributed by atoms with Crippen LogP contribution < -0.4 is 11.1 Å². The SMILES string of the molecule is CCOC(=O)N(CCN)C(=O)NC1CCCO1.